The van der Waals surface area contributed by atoms with Crippen molar-refractivity contribution in [2.45, 2.75) is 65.3 Å². The normalized spacial score (nSPS) is 18.2. The van der Waals surface area contributed by atoms with E-state index in [0.29, 0.717) is 5.56 Å². The number of fused-ring (bicyclic) bond motifs is 1. The Labute approximate surface area is 140 Å². The number of rotatable bonds is 1. The maximum absolute atomic E-state index is 12.7. The van der Waals surface area contributed by atoms with Gasteiger partial charge in [-0.05, 0) is 41.5 Å². The zero-order valence-corrected chi connectivity index (χ0v) is 14.8. The van der Waals surface area contributed by atoms with Crippen molar-refractivity contribution in [2.75, 3.05) is 0 Å². The Balaban J connectivity index is 2.36. The highest BCUT2D eigenvalue weighted by atomic mass is 16.6. The molecule has 1 aliphatic heterocycles. The third kappa shape index (κ3) is 3.96. The summed E-state index contributed by atoms with van der Waals surface area (Å²) in [6.07, 6.45) is 1.91. The van der Waals surface area contributed by atoms with E-state index in [2.05, 4.69) is 0 Å². The third-order valence-electron chi connectivity index (χ3n) is 3.17. The molecule has 1 unspecified atom stereocenters. The monoisotopic (exact) mass is 337 g/mol. The van der Waals surface area contributed by atoms with Crippen LogP contribution >= 0.6 is 0 Å². The number of hydrogen-bond donors (Lipinski definition) is 0. The Hall–Kier alpha value is -2.31. The van der Waals surface area contributed by atoms with Gasteiger partial charge in [0.15, 0.2) is 6.04 Å². The number of nitrogens with zero attached hydrogens (tertiary/aromatic N) is 1. The Morgan fingerprint density at radius 3 is 2.21 bits per heavy atom. The molecule has 0 radical (unpaired) electrons. The minimum absolute atomic E-state index is 0.0381. The maximum Gasteiger partial charge on any atom is 0.411 e. The van der Waals surface area contributed by atoms with Gasteiger partial charge in [-0.2, -0.15) is 0 Å². The molecule has 1 amide bonds. The van der Waals surface area contributed by atoms with Crippen molar-refractivity contribution in [2.24, 2.45) is 0 Å². The fourth-order valence-electron chi connectivity index (χ4n) is 2.31. The number of carbonyl (C=O) groups excluding carboxylic acids is 3. The Morgan fingerprint density at radius 1 is 1.08 bits per heavy atom. The Bertz CT molecular complexity index is 661. The second-order valence-electron chi connectivity index (χ2n) is 7.72. The van der Waals surface area contributed by atoms with Crippen LogP contribution in [0.1, 0.15) is 57.5 Å². The van der Waals surface area contributed by atoms with Crippen molar-refractivity contribution in [1.29, 1.82) is 0 Å². The highest BCUT2D eigenvalue weighted by molar-refractivity contribution is 6.15. The molecule has 0 saturated carbocycles. The molecular formula is C17H23NO6. The second kappa shape index (κ2) is 5.96. The SMILES string of the molecule is CC(C)(C)OC(=O)C1C(=O)c2cocc2CN1C(=O)OC(C)(C)C. The van der Waals surface area contributed by atoms with Crippen molar-refractivity contribution >= 4 is 17.8 Å². The van der Waals surface area contributed by atoms with E-state index in [1.54, 1.807) is 41.5 Å². The zero-order chi connectivity index (χ0) is 18.3. The van der Waals surface area contributed by atoms with Crippen LogP contribution in [0.2, 0.25) is 0 Å². The van der Waals surface area contributed by atoms with E-state index < -0.39 is 35.1 Å². The van der Waals surface area contributed by atoms with E-state index in [4.69, 9.17) is 13.9 Å². The third-order valence-corrected chi connectivity index (χ3v) is 3.17. The van der Waals surface area contributed by atoms with Crippen LogP contribution in [0, 0.1) is 0 Å². The lowest BCUT2D eigenvalue weighted by Gasteiger charge is -2.35. The molecule has 0 aromatic carbocycles. The van der Waals surface area contributed by atoms with Crippen molar-refractivity contribution in [1.82, 2.24) is 4.90 Å². The Kier molecular flexibility index (Phi) is 4.48. The standard InChI is InChI=1S/C17H23NO6/c1-16(2,3)23-14(20)12-13(19)11-9-22-8-10(11)7-18(12)15(21)24-17(4,5)6/h8-9,12H,7H2,1-6H3. The molecule has 7 heteroatoms. The van der Waals surface area contributed by atoms with Gasteiger partial charge in [-0.3, -0.25) is 9.69 Å². The fourth-order valence-corrected chi connectivity index (χ4v) is 2.31. The fraction of sp³-hybridized carbons (Fsp3) is 0.588. The molecule has 7 nitrogen and oxygen atoms in total. The van der Waals surface area contributed by atoms with E-state index in [9.17, 15) is 14.4 Å². The van der Waals surface area contributed by atoms with Crippen LogP contribution in [-0.2, 0) is 20.8 Å². The molecule has 0 N–H and O–H groups in total. The molecule has 1 aliphatic rings. The van der Waals surface area contributed by atoms with Crippen LogP contribution in [0.25, 0.3) is 0 Å². The number of furan rings is 1. The quantitative estimate of drug-likeness (QED) is 0.578. The number of esters is 1. The summed E-state index contributed by atoms with van der Waals surface area (Å²) >= 11 is 0. The van der Waals surface area contributed by atoms with Crippen LogP contribution < -0.4 is 0 Å². The summed E-state index contributed by atoms with van der Waals surface area (Å²) in [5.74, 6) is -1.32. The molecule has 1 atom stereocenters. The van der Waals surface area contributed by atoms with E-state index in [1.807, 2.05) is 0 Å². The number of carbonyl (C=O) groups is 3. The topological polar surface area (TPSA) is 86.1 Å². The molecule has 0 fully saturated rings. The van der Waals surface area contributed by atoms with Gasteiger partial charge < -0.3 is 13.9 Å². The highest BCUT2D eigenvalue weighted by Gasteiger charge is 2.45. The molecule has 0 saturated heterocycles. The molecule has 0 aliphatic carbocycles. The smallest absolute Gasteiger partial charge is 0.411 e. The average molecular weight is 337 g/mol. The first kappa shape index (κ1) is 18.0. The summed E-state index contributed by atoms with van der Waals surface area (Å²) in [5, 5.41) is 0. The van der Waals surface area contributed by atoms with E-state index in [0.717, 1.165) is 4.90 Å². The number of Topliss-reactive ketones (excluding diaryl/α,β-unsaturated/α-hetero) is 1. The van der Waals surface area contributed by atoms with Gasteiger partial charge in [-0.15, -0.1) is 0 Å². The van der Waals surface area contributed by atoms with Gasteiger partial charge in [0.2, 0.25) is 5.78 Å². The first-order valence-electron chi connectivity index (χ1n) is 7.71. The van der Waals surface area contributed by atoms with Crippen LogP contribution in [0.5, 0.6) is 0 Å². The zero-order valence-electron chi connectivity index (χ0n) is 14.8. The largest absolute Gasteiger partial charge is 0.471 e. The van der Waals surface area contributed by atoms with Crippen molar-refractivity contribution in [3.05, 3.63) is 23.7 Å². The molecule has 0 bridgehead atoms. The summed E-state index contributed by atoms with van der Waals surface area (Å²) in [5.41, 5.74) is -0.723. The van der Waals surface area contributed by atoms with Gasteiger partial charge in [-0.1, -0.05) is 0 Å². The van der Waals surface area contributed by atoms with Gasteiger partial charge in [0.1, 0.15) is 17.5 Å². The minimum Gasteiger partial charge on any atom is -0.471 e. The van der Waals surface area contributed by atoms with E-state index in [1.165, 1.54) is 12.5 Å². The molecule has 132 valence electrons. The Morgan fingerprint density at radius 2 is 1.67 bits per heavy atom. The van der Waals surface area contributed by atoms with Crippen LogP contribution in [0.3, 0.4) is 0 Å². The first-order chi connectivity index (χ1) is 10.9. The van der Waals surface area contributed by atoms with Crippen molar-refractivity contribution in [3.8, 4) is 0 Å². The van der Waals surface area contributed by atoms with E-state index >= 15 is 0 Å². The average Bonchev–Trinajstić information content (AvgIpc) is 2.82. The summed E-state index contributed by atoms with van der Waals surface area (Å²) in [7, 11) is 0. The maximum atomic E-state index is 12.7. The van der Waals surface area contributed by atoms with Crippen LogP contribution in [-0.4, -0.2) is 40.0 Å². The molecular weight excluding hydrogens is 314 g/mol. The van der Waals surface area contributed by atoms with E-state index in [-0.39, 0.29) is 12.1 Å². The lowest BCUT2D eigenvalue weighted by molar-refractivity contribution is -0.159. The summed E-state index contributed by atoms with van der Waals surface area (Å²) in [4.78, 5) is 38.8. The molecule has 1 aromatic rings. The van der Waals surface area contributed by atoms with Crippen molar-refractivity contribution < 1.29 is 28.3 Å². The van der Waals surface area contributed by atoms with Crippen molar-refractivity contribution in [3.63, 3.8) is 0 Å². The molecule has 24 heavy (non-hydrogen) atoms. The number of ether oxygens (including phenoxy) is 2. The van der Waals surface area contributed by atoms with Gasteiger partial charge >= 0.3 is 12.1 Å². The highest BCUT2D eigenvalue weighted by Crippen LogP contribution is 2.27. The summed E-state index contributed by atoms with van der Waals surface area (Å²) in [6, 6.07) is -1.39. The van der Waals surface area contributed by atoms with Gasteiger partial charge in [0.05, 0.1) is 18.4 Å². The molecule has 2 heterocycles. The summed E-state index contributed by atoms with van der Waals surface area (Å²) in [6.45, 7) is 10.3. The van der Waals surface area contributed by atoms with Crippen LogP contribution in [0.15, 0.2) is 16.9 Å². The van der Waals surface area contributed by atoms with Gasteiger partial charge in [0, 0.05) is 5.56 Å². The number of hydrogen-bond acceptors (Lipinski definition) is 6. The summed E-state index contributed by atoms with van der Waals surface area (Å²) < 4.78 is 15.7. The number of amides is 1. The molecule has 0 spiro atoms. The minimum atomic E-state index is -1.39. The van der Waals surface area contributed by atoms with Crippen LogP contribution in [0.4, 0.5) is 4.79 Å². The lowest BCUT2D eigenvalue weighted by atomic mass is 9.96. The predicted octanol–water partition coefficient (Wildman–Crippen LogP) is 2.92. The first-order valence-corrected chi connectivity index (χ1v) is 7.71. The lowest BCUT2D eigenvalue weighted by Crippen LogP contribution is -2.54. The molecule has 2 rings (SSSR count). The number of ketones is 1. The molecule has 1 aromatic heterocycles. The predicted molar refractivity (Wildman–Crippen MR) is 84.4 cm³/mol. The van der Waals surface area contributed by atoms with Gasteiger partial charge in [0.25, 0.3) is 0 Å². The second-order valence-corrected chi connectivity index (χ2v) is 7.72. The van der Waals surface area contributed by atoms with Gasteiger partial charge in [-0.25, -0.2) is 9.59 Å².